The number of hydrogen-bond acceptors (Lipinski definition) is 2. The Kier molecular flexibility index (Phi) is 3.34. The minimum absolute atomic E-state index is 0.108. The number of nitrogens with zero attached hydrogens (tertiary/aromatic N) is 1. The van der Waals surface area contributed by atoms with Crippen LogP contribution in [0.15, 0.2) is 31.0 Å². The fraction of sp³-hybridized carbons (Fsp3) is 0.385. The molecule has 1 aliphatic carbocycles. The highest BCUT2D eigenvalue weighted by Gasteiger charge is 2.21. The number of nitrogens with one attached hydrogen (secondary N) is 1. The minimum Gasteiger partial charge on any atom is -0.352 e. The first-order chi connectivity index (χ1) is 7.81. The van der Waals surface area contributed by atoms with E-state index in [0.717, 1.165) is 18.5 Å². The molecule has 16 heavy (non-hydrogen) atoms. The molecule has 2 rings (SSSR count). The summed E-state index contributed by atoms with van der Waals surface area (Å²) in [5.74, 6) is 0.247. The van der Waals surface area contributed by atoms with Gasteiger partial charge in [0.15, 0.2) is 0 Å². The average Bonchev–Trinajstić information content (AvgIpc) is 2.35. The van der Waals surface area contributed by atoms with E-state index in [0.29, 0.717) is 12.5 Å². The summed E-state index contributed by atoms with van der Waals surface area (Å²) in [7, 11) is 0. The molecule has 0 aliphatic heterocycles. The summed E-state index contributed by atoms with van der Waals surface area (Å²) in [5, 5.41) is 2.85. The molecule has 0 saturated carbocycles. The maximum absolute atomic E-state index is 11.1. The largest absolute Gasteiger partial charge is 0.352 e. The zero-order valence-electron chi connectivity index (χ0n) is 9.28. The van der Waals surface area contributed by atoms with E-state index in [9.17, 15) is 4.79 Å². The van der Waals surface area contributed by atoms with Crippen LogP contribution < -0.4 is 5.32 Å². The van der Waals surface area contributed by atoms with Gasteiger partial charge in [-0.2, -0.15) is 0 Å². The van der Waals surface area contributed by atoms with Crippen molar-refractivity contribution < 1.29 is 4.79 Å². The second kappa shape index (κ2) is 4.92. The molecule has 0 spiro atoms. The molecule has 1 aromatic rings. The van der Waals surface area contributed by atoms with Crippen LogP contribution in [0, 0.1) is 0 Å². The van der Waals surface area contributed by atoms with E-state index in [1.807, 2.05) is 12.3 Å². The van der Waals surface area contributed by atoms with Gasteiger partial charge in [-0.15, -0.1) is 0 Å². The van der Waals surface area contributed by atoms with Crippen molar-refractivity contribution in [2.75, 3.05) is 6.54 Å². The minimum atomic E-state index is -0.108. The predicted molar refractivity (Wildman–Crippen MR) is 63.1 cm³/mol. The SMILES string of the molecule is C=CC(=O)NCC1CCCc2cccnc21. The summed E-state index contributed by atoms with van der Waals surface area (Å²) < 4.78 is 0. The van der Waals surface area contributed by atoms with E-state index < -0.39 is 0 Å². The lowest BCUT2D eigenvalue weighted by Crippen LogP contribution is -2.29. The molecule has 1 N–H and O–H groups in total. The van der Waals surface area contributed by atoms with Gasteiger partial charge in [-0.3, -0.25) is 9.78 Å². The third-order valence-electron chi connectivity index (χ3n) is 3.02. The smallest absolute Gasteiger partial charge is 0.243 e. The first-order valence-corrected chi connectivity index (χ1v) is 5.65. The number of carbonyl (C=O) groups is 1. The van der Waals surface area contributed by atoms with Gasteiger partial charge in [0.05, 0.1) is 0 Å². The Labute approximate surface area is 95.6 Å². The topological polar surface area (TPSA) is 42.0 Å². The van der Waals surface area contributed by atoms with Gasteiger partial charge >= 0.3 is 0 Å². The van der Waals surface area contributed by atoms with Gasteiger partial charge in [-0.25, -0.2) is 0 Å². The van der Waals surface area contributed by atoms with E-state index in [-0.39, 0.29) is 5.91 Å². The predicted octanol–water partition coefficient (Wildman–Crippen LogP) is 1.80. The molecule has 1 aromatic heterocycles. The molecule has 1 atom stereocenters. The van der Waals surface area contributed by atoms with Crippen molar-refractivity contribution in [2.45, 2.75) is 25.2 Å². The van der Waals surface area contributed by atoms with Crippen LogP contribution in [0.1, 0.15) is 30.0 Å². The van der Waals surface area contributed by atoms with Gasteiger partial charge in [0, 0.05) is 24.4 Å². The van der Waals surface area contributed by atoms with Crippen LogP contribution in [0.5, 0.6) is 0 Å². The zero-order chi connectivity index (χ0) is 11.4. The molecule has 0 aromatic carbocycles. The Balaban J connectivity index is 2.07. The van der Waals surface area contributed by atoms with Crippen molar-refractivity contribution in [1.29, 1.82) is 0 Å². The summed E-state index contributed by atoms with van der Waals surface area (Å²) in [6.07, 6.45) is 6.51. The fourth-order valence-corrected chi connectivity index (χ4v) is 2.20. The van der Waals surface area contributed by atoms with Gasteiger partial charge in [0.25, 0.3) is 0 Å². The van der Waals surface area contributed by atoms with Gasteiger partial charge in [-0.1, -0.05) is 12.6 Å². The van der Waals surface area contributed by atoms with Crippen molar-refractivity contribution in [3.05, 3.63) is 42.2 Å². The number of pyridine rings is 1. The Morgan fingerprint density at radius 3 is 3.38 bits per heavy atom. The van der Waals surface area contributed by atoms with Crippen molar-refractivity contribution in [1.82, 2.24) is 10.3 Å². The first kappa shape index (κ1) is 10.9. The molecule has 3 heteroatoms. The summed E-state index contributed by atoms with van der Waals surface area (Å²) >= 11 is 0. The number of amides is 1. The fourth-order valence-electron chi connectivity index (χ4n) is 2.20. The zero-order valence-corrected chi connectivity index (χ0v) is 9.28. The van der Waals surface area contributed by atoms with Gasteiger partial charge in [0.1, 0.15) is 0 Å². The molecule has 1 aliphatic rings. The normalized spacial score (nSPS) is 18.6. The molecule has 0 bridgehead atoms. The van der Waals surface area contributed by atoms with Crippen molar-refractivity contribution >= 4 is 5.91 Å². The third-order valence-corrected chi connectivity index (χ3v) is 3.02. The Morgan fingerprint density at radius 1 is 1.69 bits per heavy atom. The monoisotopic (exact) mass is 216 g/mol. The van der Waals surface area contributed by atoms with Gasteiger partial charge < -0.3 is 5.32 Å². The lowest BCUT2D eigenvalue weighted by Gasteiger charge is -2.24. The van der Waals surface area contributed by atoms with E-state index in [2.05, 4.69) is 22.9 Å². The lowest BCUT2D eigenvalue weighted by atomic mass is 9.86. The summed E-state index contributed by atoms with van der Waals surface area (Å²) in [5.41, 5.74) is 2.48. The van der Waals surface area contributed by atoms with Gasteiger partial charge in [-0.05, 0) is 37.0 Å². The average molecular weight is 216 g/mol. The molecule has 1 heterocycles. The quantitative estimate of drug-likeness (QED) is 0.783. The van der Waals surface area contributed by atoms with Crippen LogP contribution in [0.3, 0.4) is 0 Å². The van der Waals surface area contributed by atoms with E-state index in [1.165, 1.54) is 18.1 Å². The first-order valence-electron chi connectivity index (χ1n) is 5.65. The van der Waals surface area contributed by atoms with Crippen LogP contribution in [0.2, 0.25) is 0 Å². The summed E-state index contributed by atoms with van der Waals surface area (Å²) in [6.45, 7) is 4.10. The van der Waals surface area contributed by atoms with Crippen molar-refractivity contribution in [3.8, 4) is 0 Å². The second-order valence-electron chi connectivity index (χ2n) is 4.09. The van der Waals surface area contributed by atoms with Crippen LogP contribution in [-0.4, -0.2) is 17.4 Å². The Morgan fingerprint density at radius 2 is 2.56 bits per heavy atom. The highest BCUT2D eigenvalue weighted by Crippen LogP contribution is 2.28. The second-order valence-corrected chi connectivity index (χ2v) is 4.09. The van der Waals surface area contributed by atoms with Crippen LogP contribution >= 0.6 is 0 Å². The van der Waals surface area contributed by atoms with Crippen LogP contribution in [0.25, 0.3) is 0 Å². The van der Waals surface area contributed by atoms with Crippen LogP contribution in [0.4, 0.5) is 0 Å². The molecule has 1 unspecified atom stereocenters. The number of hydrogen-bond donors (Lipinski definition) is 1. The highest BCUT2D eigenvalue weighted by atomic mass is 16.1. The maximum Gasteiger partial charge on any atom is 0.243 e. The summed E-state index contributed by atoms with van der Waals surface area (Å²) in [4.78, 5) is 15.5. The maximum atomic E-state index is 11.1. The number of aromatic nitrogens is 1. The molecular weight excluding hydrogens is 200 g/mol. The Bertz CT molecular complexity index is 401. The van der Waals surface area contributed by atoms with Crippen LogP contribution in [-0.2, 0) is 11.2 Å². The van der Waals surface area contributed by atoms with E-state index in [4.69, 9.17) is 0 Å². The van der Waals surface area contributed by atoms with E-state index in [1.54, 1.807) is 0 Å². The number of aryl methyl sites for hydroxylation is 1. The molecule has 1 amide bonds. The number of carbonyl (C=O) groups excluding carboxylic acids is 1. The molecule has 0 fully saturated rings. The highest BCUT2D eigenvalue weighted by molar-refractivity contribution is 5.86. The molecule has 84 valence electrons. The van der Waals surface area contributed by atoms with Gasteiger partial charge in [0.2, 0.25) is 5.91 Å². The standard InChI is InChI=1S/C13H16N2O/c1-2-12(16)15-9-11-6-3-5-10-7-4-8-14-13(10)11/h2,4,7-8,11H,1,3,5-6,9H2,(H,15,16). The third kappa shape index (κ3) is 2.30. The van der Waals surface area contributed by atoms with E-state index >= 15 is 0 Å². The number of fused-ring (bicyclic) bond motifs is 1. The lowest BCUT2D eigenvalue weighted by molar-refractivity contribution is -0.116. The Hall–Kier alpha value is -1.64. The van der Waals surface area contributed by atoms with Crippen molar-refractivity contribution in [3.63, 3.8) is 0 Å². The molecule has 3 nitrogen and oxygen atoms in total. The molecule has 0 saturated heterocycles. The number of rotatable bonds is 3. The van der Waals surface area contributed by atoms with Crippen molar-refractivity contribution in [2.24, 2.45) is 0 Å². The molecule has 0 radical (unpaired) electrons. The molecular formula is C13H16N2O. The summed E-state index contributed by atoms with van der Waals surface area (Å²) in [6, 6.07) is 4.10.